The van der Waals surface area contributed by atoms with E-state index in [9.17, 15) is 29.3 Å². The molecule has 0 aromatic heterocycles. The molecule has 0 unspecified atom stereocenters. The molecular formula is C20H17N3O7. The Balaban J connectivity index is 1.64. The molecule has 1 atom stereocenters. The third kappa shape index (κ3) is 4.02. The summed E-state index contributed by atoms with van der Waals surface area (Å²) in [5, 5.41) is 13.7. The summed E-state index contributed by atoms with van der Waals surface area (Å²) in [5.41, 5.74) is 0.472. The smallest absolute Gasteiger partial charge is 0.326 e. The largest absolute Gasteiger partial charge is 0.451 e. The molecule has 3 amide bonds. The fourth-order valence-electron chi connectivity index (χ4n) is 2.91. The van der Waals surface area contributed by atoms with E-state index in [-0.39, 0.29) is 11.1 Å². The number of nitro benzene ring substituents is 1. The number of rotatable bonds is 6. The lowest BCUT2D eigenvalue weighted by atomic mass is 10.1. The van der Waals surface area contributed by atoms with Crippen molar-refractivity contribution in [2.45, 2.75) is 20.0 Å². The van der Waals surface area contributed by atoms with E-state index in [1.165, 1.54) is 19.1 Å². The van der Waals surface area contributed by atoms with Gasteiger partial charge < -0.3 is 10.1 Å². The van der Waals surface area contributed by atoms with Gasteiger partial charge in [-0.05, 0) is 32.0 Å². The van der Waals surface area contributed by atoms with Crippen LogP contribution in [0.1, 0.15) is 33.2 Å². The average Bonchev–Trinajstić information content (AvgIpc) is 2.94. The van der Waals surface area contributed by atoms with E-state index in [0.29, 0.717) is 10.6 Å². The van der Waals surface area contributed by atoms with Crippen LogP contribution in [-0.2, 0) is 14.3 Å². The van der Waals surface area contributed by atoms with Crippen molar-refractivity contribution in [1.82, 2.24) is 4.90 Å². The monoisotopic (exact) mass is 411 g/mol. The summed E-state index contributed by atoms with van der Waals surface area (Å²) in [5.74, 6) is -3.40. The molecule has 10 nitrogen and oxygen atoms in total. The van der Waals surface area contributed by atoms with Gasteiger partial charge in [0.05, 0.1) is 10.5 Å². The fraction of sp³-hybridized carbons (Fsp3) is 0.200. The Bertz CT molecular complexity index is 1060. The van der Waals surface area contributed by atoms with Crippen molar-refractivity contribution in [2.24, 2.45) is 0 Å². The molecule has 0 radical (unpaired) electrons. The van der Waals surface area contributed by atoms with E-state index in [1.807, 2.05) is 6.92 Å². The Hall–Kier alpha value is -4.08. The zero-order valence-electron chi connectivity index (χ0n) is 16.1. The minimum Gasteiger partial charge on any atom is -0.451 e. The number of carbonyl (C=O) groups excluding carboxylic acids is 4. The third-order valence-electron chi connectivity index (χ3n) is 4.46. The minimum absolute atomic E-state index is 0.160. The number of hydrogen-bond acceptors (Lipinski definition) is 7. The molecule has 1 aliphatic rings. The number of nitro groups is 1. The summed E-state index contributed by atoms with van der Waals surface area (Å²) in [6.45, 7) is 2.46. The van der Waals surface area contributed by atoms with Crippen molar-refractivity contribution in [3.8, 4) is 0 Å². The number of aryl methyl sites for hydroxylation is 1. The minimum atomic E-state index is -1.19. The Morgan fingerprint density at radius 2 is 1.80 bits per heavy atom. The molecular weight excluding hydrogens is 394 g/mol. The maximum absolute atomic E-state index is 12.5. The first-order chi connectivity index (χ1) is 14.2. The maximum Gasteiger partial charge on any atom is 0.326 e. The molecule has 154 valence electrons. The molecule has 1 heterocycles. The number of hydrogen-bond donors (Lipinski definition) is 1. The lowest BCUT2D eigenvalue weighted by Crippen LogP contribution is -2.38. The summed E-state index contributed by atoms with van der Waals surface area (Å²) in [7, 11) is 0. The molecule has 0 saturated carbocycles. The number of nitrogens with zero attached hydrogens (tertiary/aromatic N) is 2. The van der Waals surface area contributed by atoms with Crippen molar-refractivity contribution >= 4 is 35.1 Å². The molecule has 1 aliphatic heterocycles. The Morgan fingerprint density at radius 3 is 2.43 bits per heavy atom. The van der Waals surface area contributed by atoms with E-state index in [0.717, 1.165) is 11.6 Å². The highest BCUT2D eigenvalue weighted by Crippen LogP contribution is 2.30. The summed E-state index contributed by atoms with van der Waals surface area (Å²) >= 11 is 0. The van der Waals surface area contributed by atoms with Crippen LogP contribution in [0.4, 0.5) is 11.4 Å². The van der Waals surface area contributed by atoms with Crippen molar-refractivity contribution < 1.29 is 28.8 Å². The van der Waals surface area contributed by atoms with Gasteiger partial charge in [0.2, 0.25) is 0 Å². The number of fused-ring (bicyclic) bond motifs is 1. The molecule has 3 rings (SSSR count). The molecule has 0 saturated heterocycles. The predicted octanol–water partition coefficient (Wildman–Crippen LogP) is 2.07. The molecule has 2 aromatic carbocycles. The number of imide groups is 1. The second-order valence-corrected chi connectivity index (χ2v) is 6.64. The van der Waals surface area contributed by atoms with Crippen LogP contribution >= 0.6 is 0 Å². The first-order valence-corrected chi connectivity index (χ1v) is 8.89. The summed E-state index contributed by atoms with van der Waals surface area (Å²) in [6, 6.07) is 10.6. The van der Waals surface area contributed by atoms with Gasteiger partial charge in [-0.15, -0.1) is 0 Å². The van der Waals surface area contributed by atoms with Gasteiger partial charge >= 0.3 is 5.97 Å². The Labute approximate surface area is 170 Å². The maximum atomic E-state index is 12.5. The first-order valence-electron chi connectivity index (χ1n) is 8.89. The van der Waals surface area contributed by atoms with Crippen LogP contribution in [0.2, 0.25) is 0 Å². The Kier molecular flexibility index (Phi) is 5.58. The molecule has 0 fully saturated rings. The van der Waals surface area contributed by atoms with Gasteiger partial charge in [0.15, 0.2) is 6.10 Å². The van der Waals surface area contributed by atoms with E-state index in [4.69, 9.17) is 4.74 Å². The highest BCUT2D eigenvalue weighted by atomic mass is 16.6. The van der Waals surface area contributed by atoms with E-state index in [2.05, 4.69) is 5.32 Å². The highest BCUT2D eigenvalue weighted by Gasteiger charge is 2.42. The number of anilines is 1. The molecule has 0 bridgehead atoms. The van der Waals surface area contributed by atoms with E-state index in [1.54, 1.807) is 24.3 Å². The lowest BCUT2D eigenvalue weighted by Gasteiger charge is -2.16. The normalized spacial score (nSPS) is 13.6. The van der Waals surface area contributed by atoms with Gasteiger partial charge in [0.25, 0.3) is 23.4 Å². The van der Waals surface area contributed by atoms with Gasteiger partial charge in [-0.3, -0.25) is 34.2 Å². The molecule has 30 heavy (non-hydrogen) atoms. The van der Waals surface area contributed by atoms with Crippen LogP contribution in [-0.4, -0.2) is 46.2 Å². The van der Waals surface area contributed by atoms with Gasteiger partial charge in [0.1, 0.15) is 12.1 Å². The number of esters is 1. The van der Waals surface area contributed by atoms with Crippen molar-refractivity contribution in [3.63, 3.8) is 0 Å². The molecule has 0 spiro atoms. The van der Waals surface area contributed by atoms with Gasteiger partial charge in [-0.2, -0.15) is 0 Å². The zero-order chi connectivity index (χ0) is 22.0. The second kappa shape index (κ2) is 8.11. The number of ether oxygens (including phenoxy) is 1. The number of carbonyl (C=O) groups is 4. The van der Waals surface area contributed by atoms with Crippen LogP contribution in [0, 0.1) is 17.0 Å². The Morgan fingerprint density at radius 1 is 1.13 bits per heavy atom. The predicted molar refractivity (Wildman–Crippen MR) is 104 cm³/mol. The van der Waals surface area contributed by atoms with Crippen molar-refractivity contribution in [3.05, 3.63) is 69.3 Å². The molecule has 2 aromatic rings. The van der Waals surface area contributed by atoms with Crippen molar-refractivity contribution in [1.29, 1.82) is 0 Å². The van der Waals surface area contributed by atoms with Crippen LogP contribution in [0.15, 0.2) is 42.5 Å². The standard InChI is InChI=1S/C20H17N3O7/c1-11-6-8-13(9-7-11)21-18(25)12(2)30-16(24)10-22-19(26)14-4-3-5-15(23(28)29)17(14)20(22)27/h3-9,12H,10H2,1-2H3,(H,21,25)/t12-/m0/s1. The first kappa shape index (κ1) is 20.6. The molecule has 10 heteroatoms. The van der Waals surface area contributed by atoms with E-state index < -0.39 is 47.0 Å². The highest BCUT2D eigenvalue weighted by molar-refractivity contribution is 6.24. The van der Waals surface area contributed by atoms with Gasteiger partial charge in [-0.1, -0.05) is 23.8 Å². The van der Waals surface area contributed by atoms with Crippen LogP contribution in [0.25, 0.3) is 0 Å². The second-order valence-electron chi connectivity index (χ2n) is 6.64. The molecule has 1 N–H and O–H groups in total. The fourth-order valence-corrected chi connectivity index (χ4v) is 2.91. The summed E-state index contributed by atoms with van der Waals surface area (Å²) < 4.78 is 5.01. The topological polar surface area (TPSA) is 136 Å². The SMILES string of the molecule is Cc1ccc(NC(=O)[C@H](C)OC(=O)CN2C(=O)c3cccc([N+](=O)[O-])c3C2=O)cc1. The van der Waals surface area contributed by atoms with Crippen LogP contribution in [0.3, 0.4) is 0 Å². The summed E-state index contributed by atoms with van der Waals surface area (Å²) in [4.78, 5) is 60.2. The van der Waals surface area contributed by atoms with Crippen LogP contribution < -0.4 is 5.32 Å². The number of benzene rings is 2. The number of amides is 3. The van der Waals surface area contributed by atoms with Crippen molar-refractivity contribution in [2.75, 3.05) is 11.9 Å². The zero-order valence-corrected chi connectivity index (χ0v) is 16.1. The van der Waals surface area contributed by atoms with E-state index >= 15 is 0 Å². The summed E-state index contributed by atoms with van der Waals surface area (Å²) in [6.07, 6.45) is -1.19. The molecule has 0 aliphatic carbocycles. The van der Waals surface area contributed by atoms with Crippen LogP contribution in [0.5, 0.6) is 0 Å². The van der Waals surface area contributed by atoms with Gasteiger partial charge in [-0.25, -0.2) is 0 Å². The quantitative estimate of drug-likeness (QED) is 0.333. The number of nitrogens with one attached hydrogen (secondary N) is 1. The lowest BCUT2D eigenvalue weighted by molar-refractivity contribution is -0.385. The van der Waals surface area contributed by atoms with Gasteiger partial charge in [0, 0.05) is 11.8 Å². The average molecular weight is 411 g/mol. The third-order valence-corrected chi connectivity index (χ3v) is 4.46.